The minimum Gasteiger partial charge on any atom is -0.356 e. The lowest BCUT2D eigenvalue weighted by atomic mass is 10.5. The Morgan fingerprint density at radius 2 is 1.16 bits per heavy atom. The Balaban J connectivity index is 3.55. The molecule has 0 spiro atoms. The number of rotatable bonds is 8. The van der Waals surface area contributed by atoms with E-state index in [4.69, 9.17) is 0 Å². The topological polar surface area (TPSA) is 92.3 Å². The monoisotopic (exact) mass is 306 g/mol. The van der Waals surface area contributed by atoms with Gasteiger partial charge in [0.05, 0.1) is 6.42 Å². The summed E-state index contributed by atoms with van der Waals surface area (Å²) < 4.78 is 0. The molecule has 108 valence electrons. The molecule has 0 aliphatic rings. The minimum atomic E-state index is -0.206. The van der Waals surface area contributed by atoms with Crippen LogP contribution >= 0.6 is 23.5 Å². The number of thioether (sulfide) groups is 2. The number of hydrogen-bond acceptors (Lipinski definition) is 6. The lowest BCUT2D eigenvalue weighted by Gasteiger charge is -2.02. The Kier molecular flexibility index (Phi) is 10.3. The third-order valence-electron chi connectivity index (χ3n) is 1.77. The van der Waals surface area contributed by atoms with E-state index in [0.29, 0.717) is 24.6 Å². The molecule has 0 saturated carbocycles. The second-order valence-electron chi connectivity index (χ2n) is 3.58. The van der Waals surface area contributed by atoms with Gasteiger partial charge in [0.25, 0.3) is 0 Å². The van der Waals surface area contributed by atoms with Crippen LogP contribution in [-0.2, 0) is 19.2 Å². The SMILES string of the molecule is CC(=O)NCCSC(=O)CC(=O)SCCNC(C)=O. The summed E-state index contributed by atoms with van der Waals surface area (Å²) in [6.45, 7) is 3.63. The summed E-state index contributed by atoms with van der Waals surface area (Å²) >= 11 is 2.07. The van der Waals surface area contributed by atoms with Gasteiger partial charge in [-0.15, -0.1) is 0 Å². The van der Waals surface area contributed by atoms with Gasteiger partial charge in [0.15, 0.2) is 10.2 Å². The van der Waals surface area contributed by atoms with Gasteiger partial charge in [0, 0.05) is 38.4 Å². The van der Waals surface area contributed by atoms with Crippen molar-refractivity contribution in [2.45, 2.75) is 20.3 Å². The molecule has 0 atom stereocenters. The summed E-state index contributed by atoms with van der Waals surface area (Å²) in [6, 6.07) is 0. The summed E-state index contributed by atoms with van der Waals surface area (Å²) in [7, 11) is 0. The minimum absolute atomic E-state index is 0.129. The Morgan fingerprint density at radius 1 is 0.789 bits per heavy atom. The average molecular weight is 306 g/mol. The summed E-state index contributed by atoms with van der Waals surface area (Å²) in [6.07, 6.45) is -0.129. The van der Waals surface area contributed by atoms with Crippen LogP contribution in [0.2, 0.25) is 0 Å². The molecular weight excluding hydrogens is 288 g/mol. The molecule has 0 saturated heterocycles. The van der Waals surface area contributed by atoms with Crippen molar-refractivity contribution in [1.82, 2.24) is 10.6 Å². The van der Waals surface area contributed by atoms with Crippen LogP contribution in [0.25, 0.3) is 0 Å². The van der Waals surface area contributed by atoms with Gasteiger partial charge >= 0.3 is 0 Å². The molecule has 2 N–H and O–H groups in total. The summed E-state index contributed by atoms with van der Waals surface area (Å²) in [5, 5.41) is 4.72. The van der Waals surface area contributed by atoms with Gasteiger partial charge < -0.3 is 10.6 Å². The van der Waals surface area contributed by atoms with E-state index >= 15 is 0 Å². The highest BCUT2D eigenvalue weighted by atomic mass is 32.2. The predicted molar refractivity (Wildman–Crippen MR) is 76.9 cm³/mol. The van der Waals surface area contributed by atoms with Crippen molar-refractivity contribution >= 4 is 45.6 Å². The van der Waals surface area contributed by atoms with Gasteiger partial charge in [-0.3, -0.25) is 19.2 Å². The van der Waals surface area contributed by atoms with Crippen molar-refractivity contribution in [3.63, 3.8) is 0 Å². The quantitative estimate of drug-likeness (QED) is 0.490. The molecule has 8 heteroatoms. The van der Waals surface area contributed by atoms with E-state index in [1.807, 2.05) is 0 Å². The van der Waals surface area contributed by atoms with Gasteiger partial charge in [0.1, 0.15) is 0 Å². The average Bonchev–Trinajstić information content (AvgIpc) is 2.30. The number of hydrogen-bond donors (Lipinski definition) is 2. The summed E-state index contributed by atoms with van der Waals surface area (Å²) in [4.78, 5) is 43.9. The normalized spacial score (nSPS) is 9.79. The van der Waals surface area contributed by atoms with E-state index in [2.05, 4.69) is 10.6 Å². The zero-order valence-electron chi connectivity index (χ0n) is 11.0. The van der Waals surface area contributed by atoms with E-state index in [1.54, 1.807) is 0 Å². The zero-order chi connectivity index (χ0) is 14.7. The lowest BCUT2D eigenvalue weighted by molar-refractivity contribution is -0.119. The van der Waals surface area contributed by atoms with Crippen molar-refractivity contribution in [3.8, 4) is 0 Å². The maximum absolute atomic E-state index is 11.4. The molecule has 19 heavy (non-hydrogen) atoms. The van der Waals surface area contributed by atoms with E-state index in [9.17, 15) is 19.2 Å². The zero-order valence-corrected chi connectivity index (χ0v) is 12.6. The van der Waals surface area contributed by atoms with Crippen molar-refractivity contribution in [2.24, 2.45) is 0 Å². The second kappa shape index (κ2) is 10.9. The first-order valence-electron chi connectivity index (χ1n) is 5.72. The van der Waals surface area contributed by atoms with E-state index in [0.717, 1.165) is 23.5 Å². The third kappa shape index (κ3) is 13.2. The maximum atomic E-state index is 11.4. The number of amides is 2. The Bertz CT molecular complexity index is 316. The highest BCUT2D eigenvalue weighted by Crippen LogP contribution is 2.11. The van der Waals surface area contributed by atoms with E-state index in [1.165, 1.54) is 13.8 Å². The van der Waals surface area contributed by atoms with Crippen molar-refractivity contribution in [1.29, 1.82) is 0 Å². The Hall–Kier alpha value is -1.02. The van der Waals surface area contributed by atoms with Crippen LogP contribution in [0.5, 0.6) is 0 Å². The van der Waals surface area contributed by atoms with Crippen LogP contribution in [-0.4, -0.2) is 46.6 Å². The second-order valence-corrected chi connectivity index (χ2v) is 5.89. The molecule has 0 bridgehead atoms. The Labute approximate surface area is 120 Å². The van der Waals surface area contributed by atoms with Crippen LogP contribution in [0.1, 0.15) is 20.3 Å². The van der Waals surface area contributed by atoms with E-state index < -0.39 is 0 Å². The van der Waals surface area contributed by atoms with Crippen LogP contribution in [0, 0.1) is 0 Å². The van der Waals surface area contributed by atoms with Gasteiger partial charge in [-0.25, -0.2) is 0 Å². The van der Waals surface area contributed by atoms with Crippen LogP contribution in [0.15, 0.2) is 0 Å². The highest BCUT2D eigenvalue weighted by molar-refractivity contribution is 8.15. The molecule has 0 fully saturated rings. The molecular formula is C11H18N2O4S2. The first-order chi connectivity index (χ1) is 8.91. The molecule has 2 amide bonds. The number of nitrogens with one attached hydrogen (secondary N) is 2. The molecule has 0 unspecified atom stereocenters. The third-order valence-corrected chi connectivity index (χ3v) is 3.52. The number of carbonyl (C=O) groups is 4. The first kappa shape index (κ1) is 18.0. The first-order valence-corrected chi connectivity index (χ1v) is 7.69. The molecule has 0 radical (unpaired) electrons. The van der Waals surface area contributed by atoms with Gasteiger partial charge in [-0.1, -0.05) is 23.5 Å². The lowest BCUT2D eigenvalue weighted by Crippen LogP contribution is -2.23. The van der Waals surface area contributed by atoms with Crippen molar-refractivity contribution in [2.75, 3.05) is 24.6 Å². The van der Waals surface area contributed by atoms with Crippen molar-refractivity contribution in [3.05, 3.63) is 0 Å². The predicted octanol–water partition coefficient (Wildman–Crippen LogP) is 0.168. The van der Waals surface area contributed by atoms with Crippen molar-refractivity contribution < 1.29 is 19.2 Å². The standard InChI is InChI=1S/C11H18N2O4S2/c1-8(14)12-3-5-18-10(16)7-11(17)19-6-4-13-9(2)15/h3-7H2,1-2H3,(H,12,14)(H,13,15). The molecule has 0 rings (SSSR count). The van der Waals surface area contributed by atoms with Crippen LogP contribution in [0.3, 0.4) is 0 Å². The summed E-state index contributed by atoms with van der Waals surface area (Å²) in [5.74, 6) is 0.639. The molecule has 0 aliphatic heterocycles. The Morgan fingerprint density at radius 3 is 1.47 bits per heavy atom. The molecule has 0 aromatic rings. The van der Waals surface area contributed by atoms with Crippen LogP contribution in [0.4, 0.5) is 0 Å². The highest BCUT2D eigenvalue weighted by Gasteiger charge is 2.10. The van der Waals surface area contributed by atoms with Gasteiger partial charge in [-0.05, 0) is 0 Å². The number of carbonyl (C=O) groups excluding carboxylic acids is 4. The molecule has 0 aliphatic carbocycles. The fourth-order valence-corrected chi connectivity index (χ4v) is 2.43. The molecule has 0 aromatic carbocycles. The molecule has 0 aromatic heterocycles. The summed E-state index contributed by atoms with van der Waals surface area (Å²) in [5.41, 5.74) is 0. The fourth-order valence-electron chi connectivity index (χ4n) is 1.00. The fraction of sp³-hybridized carbons (Fsp3) is 0.636. The molecule has 6 nitrogen and oxygen atoms in total. The van der Waals surface area contributed by atoms with Gasteiger partial charge in [0.2, 0.25) is 11.8 Å². The van der Waals surface area contributed by atoms with Gasteiger partial charge in [-0.2, -0.15) is 0 Å². The largest absolute Gasteiger partial charge is 0.356 e. The van der Waals surface area contributed by atoms with E-state index in [-0.39, 0.29) is 28.5 Å². The molecule has 0 heterocycles. The maximum Gasteiger partial charge on any atom is 0.216 e. The van der Waals surface area contributed by atoms with Crippen LogP contribution < -0.4 is 10.6 Å². The smallest absolute Gasteiger partial charge is 0.216 e.